The van der Waals surface area contributed by atoms with Gasteiger partial charge in [-0.2, -0.15) is 5.10 Å². The van der Waals surface area contributed by atoms with Gasteiger partial charge in [0, 0.05) is 49.7 Å². The van der Waals surface area contributed by atoms with E-state index >= 15 is 0 Å². The van der Waals surface area contributed by atoms with Crippen LogP contribution in [0.25, 0.3) is 11.3 Å². The van der Waals surface area contributed by atoms with E-state index in [1.54, 1.807) is 24.3 Å². The van der Waals surface area contributed by atoms with Gasteiger partial charge in [-0.15, -0.1) is 0 Å². The van der Waals surface area contributed by atoms with Crippen LogP contribution in [0.5, 0.6) is 0 Å². The van der Waals surface area contributed by atoms with Crippen LogP contribution in [0, 0.1) is 20.8 Å². The van der Waals surface area contributed by atoms with E-state index < -0.39 is 0 Å². The molecule has 0 aromatic carbocycles. The van der Waals surface area contributed by atoms with Crippen LogP contribution in [0.2, 0.25) is 0 Å². The third-order valence-electron chi connectivity index (χ3n) is 4.62. The second kappa shape index (κ2) is 7.51. The van der Waals surface area contributed by atoms with Crippen LogP contribution in [-0.4, -0.2) is 37.8 Å². The number of pyridine rings is 1. The van der Waals surface area contributed by atoms with Gasteiger partial charge in [0.05, 0.1) is 12.2 Å². The van der Waals surface area contributed by atoms with Crippen LogP contribution in [-0.2, 0) is 17.9 Å². The van der Waals surface area contributed by atoms with Crippen molar-refractivity contribution in [3.63, 3.8) is 0 Å². The summed E-state index contributed by atoms with van der Waals surface area (Å²) in [4.78, 5) is 18.1. The normalized spacial score (nSPS) is 10.9. The topological polar surface area (TPSA) is 77.1 Å². The summed E-state index contributed by atoms with van der Waals surface area (Å²) in [6.07, 6.45) is 3.83. The third kappa shape index (κ3) is 3.82. The lowest BCUT2D eigenvalue weighted by Gasteiger charge is -2.15. The number of carbonyl (C=O) groups excluding carboxylic acids is 1. The van der Waals surface area contributed by atoms with E-state index in [4.69, 9.17) is 4.52 Å². The molecule has 0 bridgehead atoms. The Morgan fingerprint density at radius 2 is 2.12 bits per heavy atom. The molecule has 136 valence electrons. The van der Waals surface area contributed by atoms with E-state index in [0.717, 1.165) is 17.0 Å². The van der Waals surface area contributed by atoms with E-state index in [0.29, 0.717) is 31.0 Å². The van der Waals surface area contributed by atoms with Gasteiger partial charge in [-0.3, -0.25) is 14.5 Å². The van der Waals surface area contributed by atoms with Gasteiger partial charge in [-0.1, -0.05) is 5.16 Å². The summed E-state index contributed by atoms with van der Waals surface area (Å²) >= 11 is 0. The Bertz CT molecular complexity index is 898. The Kier molecular flexibility index (Phi) is 5.16. The lowest BCUT2D eigenvalue weighted by atomic mass is 10.2. The fourth-order valence-electron chi connectivity index (χ4n) is 2.76. The smallest absolute Gasteiger partial charge is 0.224 e. The van der Waals surface area contributed by atoms with E-state index in [-0.39, 0.29) is 5.91 Å². The molecule has 3 aromatic heterocycles. The molecule has 1 amide bonds. The maximum atomic E-state index is 12.4. The molecule has 3 heterocycles. The molecule has 0 unspecified atom stereocenters. The average molecular weight is 353 g/mol. The second-order valence-corrected chi connectivity index (χ2v) is 6.44. The number of hydrogen-bond donors (Lipinski definition) is 0. The largest absolute Gasteiger partial charge is 0.359 e. The molecular weight excluding hydrogens is 330 g/mol. The summed E-state index contributed by atoms with van der Waals surface area (Å²) in [6.45, 7) is 7.00. The van der Waals surface area contributed by atoms with Crippen LogP contribution < -0.4 is 0 Å². The minimum absolute atomic E-state index is 0.0366. The quantitative estimate of drug-likeness (QED) is 0.681. The molecule has 0 saturated heterocycles. The fraction of sp³-hybridized carbons (Fsp3) is 0.368. The van der Waals surface area contributed by atoms with Crippen molar-refractivity contribution in [3.8, 4) is 11.3 Å². The highest BCUT2D eigenvalue weighted by Crippen LogP contribution is 2.18. The highest BCUT2D eigenvalue weighted by atomic mass is 16.5. The standard InChI is InChI=1S/C19H23N5O2/c1-13-14(2)21-24(15(13)3)9-7-19(25)23(4)12-17-10-18(22-26-17)16-6-5-8-20-11-16/h5-6,8,10-11H,7,9,12H2,1-4H3. The minimum atomic E-state index is 0.0366. The van der Waals surface area contributed by atoms with Crippen molar-refractivity contribution in [2.45, 2.75) is 40.3 Å². The Morgan fingerprint density at radius 3 is 2.77 bits per heavy atom. The number of aromatic nitrogens is 4. The molecule has 0 aliphatic rings. The molecule has 0 aliphatic carbocycles. The summed E-state index contributed by atoms with van der Waals surface area (Å²) < 4.78 is 7.25. The van der Waals surface area contributed by atoms with Crippen LogP contribution in [0.1, 0.15) is 29.1 Å². The number of amides is 1. The molecule has 0 fully saturated rings. The molecule has 7 heteroatoms. The zero-order chi connectivity index (χ0) is 18.7. The summed E-state index contributed by atoms with van der Waals surface area (Å²) in [5, 5.41) is 8.52. The Morgan fingerprint density at radius 1 is 1.31 bits per heavy atom. The lowest BCUT2D eigenvalue weighted by Crippen LogP contribution is -2.27. The predicted octanol–water partition coefficient (Wildman–Crippen LogP) is 2.91. The zero-order valence-corrected chi connectivity index (χ0v) is 15.6. The number of rotatable bonds is 6. The summed E-state index contributed by atoms with van der Waals surface area (Å²) in [5.41, 5.74) is 4.89. The van der Waals surface area contributed by atoms with E-state index in [2.05, 4.69) is 15.2 Å². The molecule has 0 saturated carbocycles. The number of nitrogens with zero attached hydrogens (tertiary/aromatic N) is 5. The van der Waals surface area contributed by atoms with Gasteiger partial charge in [0.2, 0.25) is 5.91 Å². The molecule has 0 atom stereocenters. The molecule has 0 spiro atoms. The highest BCUT2D eigenvalue weighted by molar-refractivity contribution is 5.75. The number of hydrogen-bond acceptors (Lipinski definition) is 5. The van der Waals surface area contributed by atoms with E-state index in [9.17, 15) is 4.79 Å². The predicted molar refractivity (Wildman–Crippen MR) is 97.3 cm³/mol. The zero-order valence-electron chi connectivity index (χ0n) is 15.6. The van der Waals surface area contributed by atoms with Gasteiger partial charge in [0.25, 0.3) is 0 Å². The lowest BCUT2D eigenvalue weighted by molar-refractivity contribution is -0.131. The molecule has 0 N–H and O–H groups in total. The summed E-state index contributed by atoms with van der Waals surface area (Å²) in [7, 11) is 1.76. The fourth-order valence-corrected chi connectivity index (χ4v) is 2.76. The van der Waals surface area contributed by atoms with Crippen molar-refractivity contribution in [2.75, 3.05) is 7.05 Å². The van der Waals surface area contributed by atoms with Crippen molar-refractivity contribution in [1.29, 1.82) is 0 Å². The van der Waals surface area contributed by atoms with Crippen molar-refractivity contribution < 1.29 is 9.32 Å². The van der Waals surface area contributed by atoms with Crippen LogP contribution in [0.4, 0.5) is 0 Å². The Hall–Kier alpha value is -2.96. The molecule has 0 aliphatic heterocycles. The van der Waals surface area contributed by atoms with Crippen LogP contribution in [0.15, 0.2) is 35.1 Å². The highest BCUT2D eigenvalue weighted by Gasteiger charge is 2.15. The van der Waals surface area contributed by atoms with Crippen molar-refractivity contribution >= 4 is 5.91 Å². The first-order valence-corrected chi connectivity index (χ1v) is 8.56. The maximum absolute atomic E-state index is 12.4. The van der Waals surface area contributed by atoms with E-state index in [1.807, 2.05) is 43.7 Å². The molecule has 7 nitrogen and oxygen atoms in total. The molecule has 26 heavy (non-hydrogen) atoms. The SMILES string of the molecule is Cc1nn(CCC(=O)N(C)Cc2cc(-c3cccnc3)no2)c(C)c1C. The number of aryl methyl sites for hydroxylation is 2. The van der Waals surface area contributed by atoms with Gasteiger partial charge in [0.1, 0.15) is 5.69 Å². The van der Waals surface area contributed by atoms with Gasteiger partial charge in [-0.25, -0.2) is 0 Å². The second-order valence-electron chi connectivity index (χ2n) is 6.44. The van der Waals surface area contributed by atoms with Gasteiger partial charge < -0.3 is 9.42 Å². The van der Waals surface area contributed by atoms with Gasteiger partial charge in [-0.05, 0) is 38.5 Å². The monoisotopic (exact) mass is 353 g/mol. The van der Waals surface area contributed by atoms with Crippen molar-refractivity contribution in [3.05, 3.63) is 53.3 Å². The summed E-state index contributed by atoms with van der Waals surface area (Å²) in [6, 6.07) is 5.60. The maximum Gasteiger partial charge on any atom is 0.224 e. The third-order valence-corrected chi connectivity index (χ3v) is 4.62. The average Bonchev–Trinajstić information content (AvgIpc) is 3.21. The van der Waals surface area contributed by atoms with Crippen molar-refractivity contribution in [2.24, 2.45) is 0 Å². The molecule has 3 rings (SSSR count). The first kappa shape index (κ1) is 17.8. The van der Waals surface area contributed by atoms with Gasteiger partial charge in [0.15, 0.2) is 5.76 Å². The van der Waals surface area contributed by atoms with Crippen LogP contribution in [0.3, 0.4) is 0 Å². The van der Waals surface area contributed by atoms with Gasteiger partial charge >= 0.3 is 0 Å². The van der Waals surface area contributed by atoms with Crippen molar-refractivity contribution in [1.82, 2.24) is 24.8 Å². The first-order chi connectivity index (χ1) is 12.5. The molecular formula is C19H23N5O2. The summed E-state index contributed by atoms with van der Waals surface area (Å²) in [5.74, 6) is 0.677. The Labute approximate surface area is 152 Å². The Balaban J connectivity index is 1.57. The van der Waals surface area contributed by atoms with E-state index in [1.165, 1.54) is 5.56 Å². The van der Waals surface area contributed by atoms with Crippen LogP contribution >= 0.6 is 0 Å². The minimum Gasteiger partial charge on any atom is -0.359 e. The number of carbonyl (C=O) groups is 1. The molecule has 3 aromatic rings. The first-order valence-electron chi connectivity index (χ1n) is 8.56. The molecule has 0 radical (unpaired) electrons.